The second-order valence-electron chi connectivity index (χ2n) is 5.53. The zero-order chi connectivity index (χ0) is 17.5. The molecular weight excluding hydrogens is 330 g/mol. The summed E-state index contributed by atoms with van der Waals surface area (Å²) < 4.78 is 23.4. The van der Waals surface area contributed by atoms with E-state index < -0.39 is 15.9 Å². The number of carbonyl (C=O) groups is 2. The van der Waals surface area contributed by atoms with E-state index in [9.17, 15) is 18.0 Å². The Balaban J connectivity index is 2.12. The van der Waals surface area contributed by atoms with Gasteiger partial charge in [0, 0.05) is 24.2 Å². The summed E-state index contributed by atoms with van der Waals surface area (Å²) in [4.78, 5) is 30.3. The monoisotopic (exact) mass is 345 g/mol. The number of hydrogen-bond donors (Lipinski definition) is 1. The highest BCUT2D eigenvalue weighted by Gasteiger charge is 2.34. The van der Waals surface area contributed by atoms with Gasteiger partial charge in [-0.25, -0.2) is 8.42 Å². The summed E-state index contributed by atoms with van der Waals surface area (Å²) in [5, 5.41) is 2.65. The molecule has 2 aromatic rings. The molecule has 1 atom stereocenters. The topological polar surface area (TPSA) is 96.4 Å². The first-order valence-corrected chi connectivity index (χ1v) is 9.07. The van der Waals surface area contributed by atoms with E-state index in [4.69, 9.17) is 0 Å². The predicted octanol–water partition coefficient (Wildman–Crippen LogP) is 1.47. The number of anilines is 2. The Bertz CT molecular complexity index is 926. The number of nitrogens with zero attached hydrogens (tertiary/aromatic N) is 2. The van der Waals surface area contributed by atoms with E-state index in [1.165, 1.54) is 35.5 Å². The van der Waals surface area contributed by atoms with Crippen LogP contribution in [0.3, 0.4) is 0 Å². The lowest BCUT2D eigenvalue weighted by molar-refractivity contribution is -0.117. The molecule has 1 N–H and O–H groups in total. The number of aromatic nitrogens is 1. The number of benzene rings is 1. The van der Waals surface area contributed by atoms with Crippen molar-refractivity contribution in [3.8, 4) is 0 Å². The number of carbonyl (C=O) groups excluding carboxylic acids is 2. The molecule has 0 radical (unpaired) electrons. The molecule has 1 unspecified atom stereocenters. The van der Waals surface area contributed by atoms with Crippen molar-refractivity contribution in [3.05, 3.63) is 48.3 Å². The number of pyridine rings is 1. The van der Waals surface area contributed by atoms with Gasteiger partial charge in [-0.1, -0.05) is 0 Å². The van der Waals surface area contributed by atoms with Crippen LogP contribution in [0.25, 0.3) is 0 Å². The van der Waals surface area contributed by atoms with Crippen molar-refractivity contribution in [1.82, 2.24) is 4.98 Å². The Hall–Kier alpha value is -2.74. The number of sulfone groups is 1. The summed E-state index contributed by atoms with van der Waals surface area (Å²) in [5.41, 5.74) is 1.14. The fourth-order valence-corrected chi connectivity index (χ4v) is 3.19. The minimum atomic E-state index is -3.42. The first-order chi connectivity index (χ1) is 11.3. The number of amides is 2. The maximum absolute atomic E-state index is 12.8. The Labute approximate surface area is 139 Å². The average molecular weight is 345 g/mol. The van der Waals surface area contributed by atoms with Crippen LogP contribution in [0.1, 0.15) is 17.3 Å². The molecular formula is C16H15N3O4S. The van der Waals surface area contributed by atoms with Gasteiger partial charge in [0.2, 0.25) is 5.91 Å². The van der Waals surface area contributed by atoms with Gasteiger partial charge in [0.05, 0.1) is 16.3 Å². The van der Waals surface area contributed by atoms with Crippen LogP contribution >= 0.6 is 0 Å². The smallest absolute Gasteiger partial charge is 0.259 e. The highest BCUT2D eigenvalue weighted by atomic mass is 32.2. The Morgan fingerprint density at radius 2 is 1.88 bits per heavy atom. The van der Waals surface area contributed by atoms with Gasteiger partial charge in [-0.3, -0.25) is 19.5 Å². The first kappa shape index (κ1) is 16.1. The van der Waals surface area contributed by atoms with E-state index in [0.29, 0.717) is 16.9 Å². The van der Waals surface area contributed by atoms with Crippen molar-refractivity contribution >= 4 is 33.0 Å². The standard InChI is InChI=1S/C16H15N3O4S/c1-10-15(20)18-13-9-12(24(2,22)23)3-4-14(13)19(10)16(21)11-5-7-17-8-6-11/h3-10H,1-2H3,(H,18,20). The third-order valence-electron chi connectivity index (χ3n) is 3.83. The van der Waals surface area contributed by atoms with Crippen LogP contribution in [0.2, 0.25) is 0 Å². The summed E-state index contributed by atoms with van der Waals surface area (Å²) in [7, 11) is -3.42. The summed E-state index contributed by atoms with van der Waals surface area (Å²) >= 11 is 0. The molecule has 2 heterocycles. The highest BCUT2D eigenvalue weighted by molar-refractivity contribution is 7.90. The van der Waals surface area contributed by atoms with Crippen molar-refractivity contribution in [3.63, 3.8) is 0 Å². The first-order valence-electron chi connectivity index (χ1n) is 7.17. The fourth-order valence-electron chi connectivity index (χ4n) is 2.54. The van der Waals surface area contributed by atoms with E-state index in [1.54, 1.807) is 19.1 Å². The van der Waals surface area contributed by atoms with Crippen molar-refractivity contribution in [2.24, 2.45) is 0 Å². The molecule has 0 bridgehead atoms. The molecule has 0 spiro atoms. The predicted molar refractivity (Wildman–Crippen MR) is 88.7 cm³/mol. The molecule has 1 aromatic carbocycles. The molecule has 1 aliphatic heterocycles. The van der Waals surface area contributed by atoms with Crippen LogP contribution in [0.5, 0.6) is 0 Å². The zero-order valence-electron chi connectivity index (χ0n) is 13.1. The van der Waals surface area contributed by atoms with Gasteiger partial charge in [-0.05, 0) is 37.3 Å². The van der Waals surface area contributed by atoms with E-state index >= 15 is 0 Å². The number of rotatable bonds is 2. The lowest BCUT2D eigenvalue weighted by Crippen LogP contribution is -2.49. The Kier molecular flexibility index (Phi) is 3.84. The van der Waals surface area contributed by atoms with Crippen molar-refractivity contribution in [1.29, 1.82) is 0 Å². The van der Waals surface area contributed by atoms with Crippen LogP contribution in [-0.2, 0) is 14.6 Å². The molecule has 3 rings (SSSR count). The average Bonchev–Trinajstić information content (AvgIpc) is 2.55. The largest absolute Gasteiger partial charge is 0.322 e. The maximum atomic E-state index is 12.8. The zero-order valence-corrected chi connectivity index (χ0v) is 13.9. The second kappa shape index (κ2) is 5.72. The molecule has 24 heavy (non-hydrogen) atoms. The molecule has 7 nitrogen and oxygen atoms in total. The minimum Gasteiger partial charge on any atom is -0.322 e. The van der Waals surface area contributed by atoms with Crippen LogP contribution in [-0.4, -0.2) is 37.5 Å². The second-order valence-corrected chi connectivity index (χ2v) is 7.54. The summed E-state index contributed by atoms with van der Waals surface area (Å²) in [6.45, 7) is 1.61. The van der Waals surface area contributed by atoms with Gasteiger partial charge in [-0.2, -0.15) is 0 Å². The van der Waals surface area contributed by atoms with Gasteiger partial charge in [0.25, 0.3) is 5.91 Å². The normalized spacial score (nSPS) is 17.2. The SMILES string of the molecule is CC1C(=O)Nc2cc(S(C)(=O)=O)ccc2N1C(=O)c1ccncc1. The van der Waals surface area contributed by atoms with Crippen LogP contribution < -0.4 is 10.2 Å². The molecule has 1 aromatic heterocycles. The van der Waals surface area contributed by atoms with E-state index in [0.717, 1.165) is 6.26 Å². The van der Waals surface area contributed by atoms with Crippen LogP contribution in [0, 0.1) is 0 Å². The van der Waals surface area contributed by atoms with Crippen LogP contribution in [0.15, 0.2) is 47.6 Å². The third-order valence-corrected chi connectivity index (χ3v) is 4.94. The molecule has 0 saturated heterocycles. The molecule has 1 aliphatic rings. The molecule has 2 amide bonds. The van der Waals surface area contributed by atoms with E-state index in [2.05, 4.69) is 10.3 Å². The number of fused-ring (bicyclic) bond motifs is 1. The van der Waals surface area contributed by atoms with E-state index in [-0.39, 0.29) is 16.7 Å². The quantitative estimate of drug-likeness (QED) is 0.889. The summed E-state index contributed by atoms with van der Waals surface area (Å²) in [6, 6.07) is 6.72. The fraction of sp³-hybridized carbons (Fsp3) is 0.188. The summed E-state index contributed by atoms with van der Waals surface area (Å²) in [6.07, 6.45) is 4.08. The van der Waals surface area contributed by atoms with Crippen molar-refractivity contribution < 1.29 is 18.0 Å². The van der Waals surface area contributed by atoms with Gasteiger partial charge in [-0.15, -0.1) is 0 Å². The minimum absolute atomic E-state index is 0.0763. The van der Waals surface area contributed by atoms with Gasteiger partial charge in [0.1, 0.15) is 6.04 Å². The van der Waals surface area contributed by atoms with Gasteiger partial charge >= 0.3 is 0 Å². The Morgan fingerprint density at radius 1 is 1.21 bits per heavy atom. The van der Waals surface area contributed by atoms with Crippen LogP contribution in [0.4, 0.5) is 11.4 Å². The molecule has 0 saturated carbocycles. The van der Waals surface area contributed by atoms with Crippen molar-refractivity contribution in [2.75, 3.05) is 16.5 Å². The number of hydrogen-bond acceptors (Lipinski definition) is 5. The highest BCUT2D eigenvalue weighted by Crippen LogP contribution is 2.35. The third kappa shape index (κ3) is 2.76. The molecule has 124 valence electrons. The van der Waals surface area contributed by atoms with Gasteiger partial charge in [0.15, 0.2) is 9.84 Å². The van der Waals surface area contributed by atoms with E-state index in [1.807, 2.05) is 0 Å². The lowest BCUT2D eigenvalue weighted by atomic mass is 10.1. The molecule has 0 fully saturated rings. The summed E-state index contributed by atoms with van der Waals surface area (Å²) in [5.74, 6) is -0.733. The maximum Gasteiger partial charge on any atom is 0.259 e. The number of nitrogens with one attached hydrogen (secondary N) is 1. The Morgan fingerprint density at radius 3 is 2.50 bits per heavy atom. The molecule has 8 heteroatoms. The van der Waals surface area contributed by atoms with Gasteiger partial charge < -0.3 is 5.32 Å². The van der Waals surface area contributed by atoms with Crippen molar-refractivity contribution in [2.45, 2.75) is 17.9 Å². The lowest BCUT2D eigenvalue weighted by Gasteiger charge is -2.34. The molecule has 0 aliphatic carbocycles.